The Kier molecular flexibility index (Phi) is 4.61. The van der Waals surface area contributed by atoms with E-state index in [9.17, 15) is 0 Å². The number of hydrogen-bond donors (Lipinski definition) is 1. The van der Waals surface area contributed by atoms with E-state index >= 15 is 0 Å². The summed E-state index contributed by atoms with van der Waals surface area (Å²) in [5.41, 5.74) is 4.61. The maximum Gasteiger partial charge on any atom is -0.00173 e. The van der Waals surface area contributed by atoms with Crippen molar-refractivity contribution in [3.8, 4) is 0 Å². The second-order valence-electron chi connectivity index (χ2n) is 5.23. The summed E-state index contributed by atoms with van der Waals surface area (Å²) in [6.45, 7) is 6.93. The van der Waals surface area contributed by atoms with Gasteiger partial charge in [-0.3, -0.25) is 0 Å². The van der Waals surface area contributed by atoms with Crippen molar-refractivity contribution in [3.63, 3.8) is 0 Å². The lowest BCUT2D eigenvalue weighted by molar-refractivity contribution is 0.376. The van der Waals surface area contributed by atoms with Crippen molar-refractivity contribution < 1.29 is 0 Å². The Balaban J connectivity index is 2.05. The van der Waals surface area contributed by atoms with Crippen molar-refractivity contribution >= 4 is 0 Å². The molecule has 17 heavy (non-hydrogen) atoms. The number of piperidine rings is 1. The largest absolute Gasteiger partial charge is 0.316 e. The lowest BCUT2D eigenvalue weighted by Crippen LogP contribution is -2.30. The monoisotopic (exact) mass is 231 g/mol. The van der Waals surface area contributed by atoms with E-state index in [-0.39, 0.29) is 0 Å². The molecular formula is C16H25N. The summed E-state index contributed by atoms with van der Waals surface area (Å²) in [4.78, 5) is 0. The lowest BCUT2D eigenvalue weighted by Gasteiger charge is -2.23. The van der Waals surface area contributed by atoms with Gasteiger partial charge in [0.2, 0.25) is 0 Å². The summed E-state index contributed by atoms with van der Waals surface area (Å²) in [6.07, 6.45) is 6.32. The van der Waals surface area contributed by atoms with Crippen LogP contribution in [0.15, 0.2) is 18.2 Å². The minimum absolute atomic E-state index is 0.848. The smallest absolute Gasteiger partial charge is 0.00173 e. The fraction of sp³-hybridized carbons (Fsp3) is 0.625. The second-order valence-corrected chi connectivity index (χ2v) is 5.23. The predicted molar refractivity (Wildman–Crippen MR) is 74.5 cm³/mol. The van der Waals surface area contributed by atoms with Crippen LogP contribution in [0.2, 0.25) is 0 Å². The molecule has 1 aromatic rings. The highest BCUT2D eigenvalue weighted by atomic mass is 14.9. The van der Waals surface area contributed by atoms with Gasteiger partial charge in [0, 0.05) is 0 Å². The van der Waals surface area contributed by atoms with Gasteiger partial charge in [0.05, 0.1) is 0 Å². The number of benzene rings is 1. The van der Waals surface area contributed by atoms with Gasteiger partial charge in [-0.25, -0.2) is 0 Å². The maximum absolute atomic E-state index is 3.51. The van der Waals surface area contributed by atoms with Gasteiger partial charge < -0.3 is 5.32 Å². The van der Waals surface area contributed by atoms with Crippen LogP contribution in [0.1, 0.15) is 43.4 Å². The number of aryl methyl sites for hydroxylation is 2. The van der Waals surface area contributed by atoms with Gasteiger partial charge in [0.25, 0.3) is 0 Å². The molecule has 1 heterocycles. The molecule has 0 spiro atoms. The van der Waals surface area contributed by atoms with Crippen LogP contribution in [0.4, 0.5) is 0 Å². The van der Waals surface area contributed by atoms with E-state index < -0.39 is 0 Å². The zero-order chi connectivity index (χ0) is 12.1. The topological polar surface area (TPSA) is 12.0 Å². The van der Waals surface area contributed by atoms with Gasteiger partial charge in [-0.1, -0.05) is 32.0 Å². The minimum Gasteiger partial charge on any atom is -0.316 e. The van der Waals surface area contributed by atoms with Gasteiger partial charge in [-0.05, 0) is 67.8 Å². The molecule has 2 rings (SSSR count). The predicted octanol–water partition coefficient (Wildman–Crippen LogP) is 3.35. The molecule has 1 aliphatic heterocycles. The molecule has 0 aromatic heterocycles. The molecule has 1 N–H and O–H groups in total. The van der Waals surface area contributed by atoms with Gasteiger partial charge >= 0.3 is 0 Å². The van der Waals surface area contributed by atoms with E-state index in [4.69, 9.17) is 0 Å². The molecule has 1 aliphatic rings. The normalized spacial score (nSPS) is 20.5. The SMILES string of the molecule is CCc1ccc(CC2CCCNC2)cc1CC. The van der Waals surface area contributed by atoms with Crippen molar-refractivity contribution in [2.24, 2.45) is 5.92 Å². The van der Waals surface area contributed by atoms with Crippen LogP contribution in [0.3, 0.4) is 0 Å². The third kappa shape index (κ3) is 3.32. The quantitative estimate of drug-likeness (QED) is 0.838. The first-order valence-electron chi connectivity index (χ1n) is 7.14. The number of hydrogen-bond acceptors (Lipinski definition) is 1. The highest BCUT2D eigenvalue weighted by Gasteiger charge is 2.13. The van der Waals surface area contributed by atoms with Gasteiger partial charge in [0.1, 0.15) is 0 Å². The van der Waals surface area contributed by atoms with Gasteiger partial charge in [-0.2, -0.15) is 0 Å². The third-order valence-corrected chi connectivity index (χ3v) is 3.96. The molecule has 0 radical (unpaired) electrons. The molecule has 1 fully saturated rings. The molecule has 1 atom stereocenters. The molecule has 1 nitrogen and oxygen atoms in total. The summed E-state index contributed by atoms with van der Waals surface area (Å²) in [5.74, 6) is 0.848. The molecule has 0 amide bonds. The Morgan fingerprint density at radius 2 is 2.00 bits per heavy atom. The summed E-state index contributed by atoms with van der Waals surface area (Å²) < 4.78 is 0. The van der Waals surface area contributed by atoms with Crippen LogP contribution < -0.4 is 5.32 Å². The summed E-state index contributed by atoms with van der Waals surface area (Å²) in [7, 11) is 0. The highest BCUT2D eigenvalue weighted by molar-refractivity contribution is 5.32. The first-order chi connectivity index (χ1) is 8.33. The van der Waals surface area contributed by atoms with Crippen molar-refractivity contribution in [1.29, 1.82) is 0 Å². The van der Waals surface area contributed by atoms with E-state index in [0.29, 0.717) is 0 Å². The van der Waals surface area contributed by atoms with Crippen molar-refractivity contribution in [2.75, 3.05) is 13.1 Å². The van der Waals surface area contributed by atoms with Gasteiger partial charge in [0.15, 0.2) is 0 Å². The minimum atomic E-state index is 0.848. The fourth-order valence-corrected chi connectivity index (χ4v) is 2.91. The first-order valence-corrected chi connectivity index (χ1v) is 7.14. The average Bonchev–Trinajstić information content (AvgIpc) is 2.40. The van der Waals surface area contributed by atoms with E-state index in [1.165, 1.54) is 49.9 Å². The van der Waals surface area contributed by atoms with E-state index in [1.807, 2.05) is 0 Å². The molecule has 1 saturated heterocycles. The van der Waals surface area contributed by atoms with Crippen molar-refractivity contribution in [3.05, 3.63) is 34.9 Å². The highest BCUT2D eigenvalue weighted by Crippen LogP contribution is 2.19. The van der Waals surface area contributed by atoms with Crippen LogP contribution >= 0.6 is 0 Å². The fourth-order valence-electron chi connectivity index (χ4n) is 2.91. The molecule has 94 valence electrons. The molecule has 1 unspecified atom stereocenters. The van der Waals surface area contributed by atoms with Crippen LogP contribution in [0.5, 0.6) is 0 Å². The van der Waals surface area contributed by atoms with Crippen LogP contribution in [0, 0.1) is 5.92 Å². The Labute approximate surface area is 106 Å². The van der Waals surface area contributed by atoms with E-state index in [1.54, 1.807) is 5.56 Å². The van der Waals surface area contributed by atoms with E-state index in [0.717, 1.165) is 12.3 Å². The average molecular weight is 231 g/mol. The second kappa shape index (κ2) is 6.20. The Bertz CT molecular complexity index is 351. The lowest BCUT2D eigenvalue weighted by atomic mass is 9.90. The standard InChI is InChI=1S/C16H25N/c1-3-15-8-7-13(11-16(15)4-2)10-14-6-5-9-17-12-14/h7-8,11,14,17H,3-6,9-10,12H2,1-2H3. The molecule has 0 saturated carbocycles. The molecule has 1 heteroatoms. The zero-order valence-corrected chi connectivity index (χ0v) is 11.3. The van der Waals surface area contributed by atoms with Crippen molar-refractivity contribution in [2.45, 2.75) is 46.0 Å². The van der Waals surface area contributed by atoms with Crippen LogP contribution in [0.25, 0.3) is 0 Å². The first kappa shape index (κ1) is 12.6. The Morgan fingerprint density at radius 3 is 2.65 bits per heavy atom. The molecule has 0 bridgehead atoms. The summed E-state index contributed by atoms with van der Waals surface area (Å²) in [6, 6.07) is 7.12. The number of nitrogens with one attached hydrogen (secondary N) is 1. The van der Waals surface area contributed by atoms with Crippen LogP contribution in [-0.4, -0.2) is 13.1 Å². The summed E-state index contributed by atoms with van der Waals surface area (Å²) >= 11 is 0. The summed E-state index contributed by atoms with van der Waals surface area (Å²) in [5, 5.41) is 3.51. The Morgan fingerprint density at radius 1 is 1.18 bits per heavy atom. The third-order valence-electron chi connectivity index (χ3n) is 3.96. The Hall–Kier alpha value is -0.820. The van der Waals surface area contributed by atoms with Crippen molar-refractivity contribution in [1.82, 2.24) is 5.32 Å². The molecule has 1 aromatic carbocycles. The maximum atomic E-state index is 3.51. The molecule has 0 aliphatic carbocycles. The number of rotatable bonds is 4. The van der Waals surface area contributed by atoms with Crippen LogP contribution in [-0.2, 0) is 19.3 Å². The van der Waals surface area contributed by atoms with Gasteiger partial charge in [-0.15, -0.1) is 0 Å². The zero-order valence-electron chi connectivity index (χ0n) is 11.3. The molecular weight excluding hydrogens is 206 g/mol. The van der Waals surface area contributed by atoms with E-state index in [2.05, 4.69) is 37.4 Å².